The summed E-state index contributed by atoms with van der Waals surface area (Å²) in [5.41, 5.74) is 1.31. The number of carbonyl (C=O) groups is 1. The molecule has 1 N–H and O–H groups in total. The smallest absolute Gasteiger partial charge is 0.250 e. The summed E-state index contributed by atoms with van der Waals surface area (Å²) in [6.07, 6.45) is -0.595. The number of halogens is 2. The van der Waals surface area contributed by atoms with Gasteiger partial charge in [0.25, 0.3) is 5.91 Å². The van der Waals surface area contributed by atoms with Crippen LogP contribution >= 0.6 is 0 Å². The summed E-state index contributed by atoms with van der Waals surface area (Å²) in [4.78, 5) is 17.8. The van der Waals surface area contributed by atoms with E-state index >= 15 is 0 Å². The lowest BCUT2D eigenvalue weighted by Gasteiger charge is -2.34. The monoisotopic (exact) mass is 321 g/mol. The number of amides is 1. The second kappa shape index (κ2) is 6.08. The Bertz CT molecular complexity index is 767. The number of morpholine rings is 1. The zero-order chi connectivity index (χ0) is 16.6. The van der Waals surface area contributed by atoms with Gasteiger partial charge in [-0.15, -0.1) is 0 Å². The molecule has 1 fully saturated rings. The minimum absolute atomic E-state index is 0.00276. The van der Waals surface area contributed by atoms with Crippen molar-refractivity contribution in [3.63, 3.8) is 0 Å². The van der Waals surface area contributed by atoms with E-state index in [0.29, 0.717) is 30.8 Å². The molecule has 1 amide bonds. The van der Waals surface area contributed by atoms with Crippen molar-refractivity contribution < 1.29 is 18.3 Å². The lowest BCUT2D eigenvalue weighted by molar-refractivity contribution is -0.132. The molecule has 3 rings (SSSR count). The van der Waals surface area contributed by atoms with Crippen molar-refractivity contribution in [2.45, 2.75) is 13.0 Å². The van der Waals surface area contributed by atoms with E-state index in [2.05, 4.69) is 10.3 Å². The van der Waals surface area contributed by atoms with Crippen LogP contribution in [0.2, 0.25) is 0 Å². The molecule has 1 unspecified atom stereocenters. The lowest BCUT2D eigenvalue weighted by Crippen LogP contribution is -2.49. The third kappa shape index (κ3) is 2.84. The summed E-state index contributed by atoms with van der Waals surface area (Å²) in [7, 11) is 1.55. The molecule has 0 saturated carbocycles. The molecule has 1 aromatic carbocycles. The van der Waals surface area contributed by atoms with Gasteiger partial charge in [0.15, 0.2) is 17.7 Å². The molecule has 5 nitrogen and oxygen atoms in total. The van der Waals surface area contributed by atoms with Gasteiger partial charge in [-0.05, 0) is 25.1 Å². The lowest BCUT2D eigenvalue weighted by atomic mass is 10.1. The maximum Gasteiger partial charge on any atom is 0.250 e. The molecular weight excluding hydrogens is 304 g/mol. The van der Waals surface area contributed by atoms with Gasteiger partial charge in [-0.3, -0.25) is 4.79 Å². The predicted molar refractivity (Wildman–Crippen MR) is 82.4 cm³/mol. The molecule has 0 radical (unpaired) electrons. The number of carbonyl (C=O) groups excluding carboxylic acids is 1. The number of ether oxygens (including phenoxy) is 1. The van der Waals surface area contributed by atoms with Gasteiger partial charge in [0.2, 0.25) is 0 Å². The SMILES string of the molecule is CNC(=O)C1CN(c2cc(C)nc3c(F)c(F)ccc23)CCO1. The number of pyridine rings is 1. The number of benzene rings is 1. The van der Waals surface area contributed by atoms with Crippen LogP contribution in [0.25, 0.3) is 10.9 Å². The second-order valence-electron chi connectivity index (χ2n) is 5.46. The molecule has 0 aliphatic carbocycles. The van der Waals surface area contributed by atoms with E-state index in [1.807, 2.05) is 11.0 Å². The highest BCUT2D eigenvalue weighted by Crippen LogP contribution is 2.30. The van der Waals surface area contributed by atoms with Gasteiger partial charge in [-0.1, -0.05) is 0 Å². The van der Waals surface area contributed by atoms with Crippen LogP contribution in [0.1, 0.15) is 5.69 Å². The van der Waals surface area contributed by atoms with Crippen LogP contribution in [-0.4, -0.2) is 43.7 Å². The number of likely N-dealkylation sites (N-methyl/N-ethyl adjacent to an activating group) is 1. The standard InChI is InChI=1S/C16H17F2N3O2/c1-9-7-12(10-3-4-11(17)14(18)15(10)20-9)21-5-6-23-13(8-21)16(22)19-2/h3-4,7,13H,5-6,8H2,1-2H3,(H,19,22). The Morgan fingerprint density at radius 1 is 1.43 bits per heavy atom. The highest BCUT2D eigenvalue weighted by atomic mass is 19.2. The van der Waals surface area contributed by atoms with Crippen molar-refractivity contribution in [2.24, 2.45) is 0 Å². The van der Waals surface area contributed by atoms with Gasteiger partial charge in [-0.2, -0.15) is 0 Å². The Hall–Kier alpha value is -2.28. The molecule has 0 spiro atoms. The van der Waals surface area contributed by atoms with Crippen molar-refractivity contribution in [3.05, 3.63) is 35.5 Å². The third-order valence-electron chi connectivity index (χ3n) is 3.92. The van der Waals surface area contributed by atoms with E-state index in [0.717, 1.165) is 11.8 Å². The Morgan fingerprint density at radius 2 is 2.22 bits per heavy atom. The largest absolute Gasteiger partial charge is 0.365 e. The molecule has 122 valence electrons. The van der Waals surface area contributed by atoms with Gasteiger partial charge in [0, 0.05) is 30.4 Å². The van der Waals surface area contributed by atoms with E-state index in [-0.39, 0.29) is 11.4 Å². The Kier molecular flexibility index (Phi) is 4.12. The number of hydrogen-bond donors (Lipinski definition) is 1. The molecule has 1 atom stereocenters. The zero-order valence-electron chi connectivity index (χ0n) is 12.9. The van der Waals surface area contributed by atoms with Gasteiger partial charge in [-0.25, -0.2) is 13.8 Å². The highest BCUT2D eigenvalue weighted by Gasteiger charge is 2.27. The minimum Gasteiger partial charge on any atom is -0.365 e. The van der Waals surface area contributed by atoms with Crippen LogP contribution < -0.4 is 10.2 Å². The first-order valence-electron chi connectivity index (χ1n) is 7.34. The quantitative estimate of drug-likeness (QED) is 0.916. The summed E-state index contributed by atoms with van der Waals surface area (Å²) >= 11 is 0. The first kappa shape index (κ1) is 15.6. The van der Waals surface area contributed by atoms with Gasteiger partial charge in [0.1, 0.15) is 5.52 Å². The van der Waals surface area contributed by atoms with E-state index in [9.17, 15) is 13.6 Å². The molecule has 2 heterocycles. The number of anilines is 1. The van der Waals surface area contributed by atoms with Crippen molar-refractivity contribution in [1.29, 1.82) is 0 Å². The molecule has 1 saturated heterocycles. The van der Waals surface area contributed by atoms with E-state index in [4.69, 9.17) is 4.74 Å². The van der Waals surface area contributed by atoms with Crippen molar-refractivity contribution in [2.75, 3.05) is 31.6 Å². The maximum absolute atomic E-state index is 14.0. The third-order valence-corrected chi connectivity index (χ3v) is 3.92. The fourth-order valence-electron chi connectivity index (χ4n) is 2.79. The average Bonchev–Trinajstić information content (AvgIpc) is 2.57. The van der Waals surface area contributed by atoms with Crippen LogP contribution in [-0.2, 0) is 9.53 Å². The van der Waals surface area contributed by atoms with Gasteiger partial charge >= 0.3 is 0 Å². The summed E-state index contributed by atoms with van der Waals surface area (Å²) in [6, 6.07) is 4.42. The Morgan fingerprint density at radius 3 is 2.96 bits per heavy atom. The maximum atomic E-state index is 14.0. The second-order valence-corrected chi connectivity index (χ2v) is 5.46. The van der Waals surface area contributed by atoms with E-state index < -0.39 is 17.7 Å². The number of aromatic nitrogens is 1. The number of hydrogen-bond acceptors (Lipinski definition) is 4. The van der Waals surface area contributed by atoms with Gasteiger partial charge in [0.05, 0.1) is 13.2 Å². The van der Waals surface area contributed by atoms with E-state index in [1.54, 1.807) is 14.0 Å². The van der Waals surface area contributed by atoms with Crippen LogP contribution in [0.3, 0.4) is 0 Å². The first-order chi connectivity index (χ1) is 11.0. The summed E-state index contributed by atoms with van der Waals surface area (Å²) in [6.45, 7) is 3.01. The molecule has 2 aromatic rings. The number of nitrogens with one attached hydrogen (secondary N) is 1. The number of nitrogens with zero attached hydrogens (tertiary/aromatic N) is 2. The summed E-state index contributed by atoms with van der Waals surface area (Å²) < 4.78 is 33.0. The zero-order valence-corrected chi connectivity index (χ0v) is 12.9. The van der Waals surface area contributed by atoms with Gasteiger partial charge < -0.3 is 15.0 Å². The van der Waals surface area contributed by atoms with Crippen LogP contribution in [0.15, 0.2) is 18.2 Å². The Balaban J connectivity index is 2.05. The molecule has 0 bridgehead atoms. The number of fused-ring (bicyclic) bond motifs is 1. The molecule has 23 heavy (non-hydrogen) atoms. The van der Waals surface area contributed by atoms with Crippen molar-refractivity contribution >= 4 is 22.5 Å². The molecule has 1 aliphatic rings. The molecular formula is C16H17F2N3O2. The Labute approximate surface area is 132 Å². The molecule has 1 aliphatic heterocycles. The van der Waals surface area contributed by atoms with Crippen LogP contribution in [0.4, 0.5) is 14.5 Å². The minimum atomic E-state index is -0.955. The average molecular weight is 321 g/mol. The van der Waals surface area contributed by atoms with Crippen molar-refractivity contribution in [1.82, 2.24) is 10.3 Å². The normalized spacial score (nSPS) is 18.3. The fourth-order valence-corrected chi connectivity index (χ4v) is 2.79. The summed E-state index contributed by atoms with van der Waals surface area (Å²) in [5.74, 6) is -2.09. The first-order valence-corrected chi connectivity index (χ1v) is 7.34. The van der Waals surface area contributed by atoms with Crippen LogP contribution in [0, 0.1) is 18.6 Å². The predicted octanol–water partition coefficient (Wildman–Crippen LogP) is 1.77. The van der Waals surface area contributed by atoms with Crippen LogP contribution in [0.5, 0.6) is 0 Å². The number of rotatable bonds is 2. The van der Waals surface area contributed by atoms with E-state index in [1.165, 1.54) is 6.07 Å². The summed E-state index contributed by atoms with van der Waals surface area (Å²) in [5, 5.41) is 3.08. The molecule has 1 aromatic heterocycles. The fraction of sp³-hybridized carbons (Fsp3) is 0.375. The highest BCUT2D eigenvalue weighted by molar-refractivity contribution is 5.93. The topological polar surface area (TPSA) is 54.5 Å². The molecule has 7 heteroatoms. The van der Waals surface area contributed by atoms with Crippen molar-refractivity contribution in [3.8, 4) is 0 Å². The number of aryl methyl sites for hydroxylation is 1.